The summed E-state index contributed by atoms with van der Waals surface area (Å²) in [4.78, 5) is 22.1. The first-order chi connectivity index (χ1) is 14.7. The summed E-state index contributed by atoms with van der Waals surface area (Å²) in [6.07, 6.45) is 0. The predicted molar refractivity (Wildman–Crippen MR) is 117 cm³/mol. The Labute approximate surface area is 175 Å². The summed E-state index contributed by atoms with van der Waals surface area (Å²) >= 11 is 0. The van der Waals surface area contributed by atoms with Crippen LogP contribution in [0.1, 0.15) is 6.92 Å². The molecule has 1 fully saturated rings. The zero-order chi connectivity index (χ0) is 20.5. The molecule has 3 aromatic rings. The molecule has 2 aliphatic rings. The Bertz CT molecular complexity index is 1080. The van der Waals surface area contributed by atoms with Crippen molar-refractivity contribution in [3.8, 4) is 11.4 Å². The van der Waals surface area contributed by atoms with Crippen LogP contribution in [0.4, 0.5) is 11.6 Å². The van der Waals surface area contributed by atoms with Crippen LogP contribution in [0, 0.1) is 0 Å². The lowest BCUT2D eigenvalue weighted by Gasteiger charge is -2.37. The van der Waals surface area contributed by atoms with E-state index in [0.717, 1.165) is 29.9 Å². The minimum absolute atomic E-state index is 0.0788. The van der Waals surface area contributed by atoms with Crippen molar-refractivity contribution in [3.63, 3.8) is 0 Å². The van der Waals surface area contributed by atoms with E-state index >= 15 is 0 Å². The Morgan fingerprint density at radius 3 is 2.30 bits per heavy atom. The second kappa shape index (κ2) is 7.67. The first-order valence-electron chi connectivity index (χ1n) is 10.3. The molecule has 0 bridgehead atoms. The number of fused-ring (bicyclic) bond motifs is 1. The number of allylic oxidation sites excluding steroid dienone is 1. The SMILES string of the molecule is CC1=C(C(=O)N2CCN(c3ccccc3)CC2)Cn2nc(-c3ccccc3)nc2N1. The normalized spacial score (nSPS) is 16.3. The van der Waals surface area contributed by atoms with Crippen molar-refractivity contribution in [2.75, 3.05) is 36.4 Å². The number of piperazine rings is 1. The molecule has 0 unspecified atom stereocenters. The summed E-state index contributed by atoms with van der Waals surface area (Å²) in [6.45, 7) is 5.47. The topological polar surface area (TPSA) is 66.3 Å². The number of rotatable bonds is 3. The van der Waals surface area contributed by atoms with Crippen LogP contribution in [0.5, 0.6) is 0 Å². The number of aromatic nitrogens is 3. The summed E-state index contributed by atoms with van der Waals surface area (Å²) in [5.74, 6) is 1.42. The fraction of sp³-hybridized carbons (Fsp3) is 0.261. The lowest BCUT2D eigenvalue weighted by Crippen LogP contribution is -2.49. The van der Waals surface area contributed by atoms with Crippen molar-refractivity contribution in [2.24, 2.45) is 0 Å². The maximum Gasteiger partial charge on any atom is 0.253 e. The van der Waals surface area contributed by atoms with Gasteiger partial charge in [0.1, 0.15) is 0 Å². The van der Waals surface area contributed by atoms with Crippen molar-refractivity contribution < 1.29 is 4.79 Å². The third kappa shape index (κ3) is 3.43. The van der Waals surface area contributed by atoms with Gasteiger partial charge in [-0.15, -0.1) is 5.10 Å². The third-order valence-electron chi connectivity index (χ3n) is 5.71. The van der Waals surface area contributed by atoms with Gasteiger partial charge in [0.05, 0.1) is 12.1 Å². The summed E-state index contributed by atoms with van der Waals surface area (Å²) in [6, 6.07) is 20.2. The quantitative estimate of drug-likeness (QED) is 0.732. The predicted octanol–water partition coefficient (Wildman–Crippen LogP) is 2.99. The lowest BCUT2D eigenvalue weighted by atomic mass is 10.1. The van der Waals surface area contributed by atoms with Gasteiger partial charge >= 0.3 is 0 Å². The monoisotopic (exact) mass is 400 g/mol. The average Bonchev–Trinajstić information content (AvgIpc) is 3.22. The van der Waals surface area contributed by atoms with Gasteiger partial charge in [-0.25, -0.2) is 4.68 Å². The van der Waals surface area contributed by atoms with Crippen LogP contribution in [-0.2, 0) is 11.3 Å². The molecule has 7 nitrogen and oxygen atoms in total. The molecule has 0 aliphatic carbocycles. The number of carbonyl (C=O) groups is 1. The van der Waals surface area contributed by atoms with E-state index in [4.69, 9.17) is 0 Å². The number of nitrogens with one attached hydrogen (secondary N) is 1. The molecule has 2 aliphatic heterocycles. The summed E-state index contributed by atoms with van der Waals surface area (Å²) in [7, 11) is 0. The van der Waals surface area contributed by atoms with Crippen LogP contribution in [0.2, 0.25) is 0 Å². The molecule has 2 aromatic carbocycles. The number of hydrogen-bond donors (Lipinski definition) is 1. The van der Waals surface area contributed by atoms with Crippen molar-refractivity contribution in [3.05, 3.63) is 71.9 Å². The molecule has 1 amide bonds. The largest absolute Gasteiger partial charge is 0.368 e. The van der Waals surface area contributed by atoms with E-state index in [1.807, 2.05) is 60.4 Å². The maximum atomic E-state index is 13.2. The highest BCUT2D eigenvalue weighted by molar-refractivity contribution is 5.95. The highest BCUT2D eigenvalue weighted by Gasteiger charge is 2.29. The van der Waals surface area contributed by atoms with Crippen LogP contribution in [0.3, 0.4) is 0 Å². The van der Waals surface area contributed by atoms with E-state index in [1.165, 1.54) is 5.69 Å². The highest BCUT2D eigenvalue weighted by Crippen LogP contribution is 2.25. The fourth-order valence-corrected chi connectivity index (χ4v) is 3.99. The minimum Gasteiger partial charge on any atom is -0.368 e. The number of carbonyl (C=O) groups excluding carboxylic acids is 1. The van der Waals surface area contributed by atoms with E-state index in [0.29, 0.717) is 31.4 Å². The van der Waals surface area contributed by atoms with Gasteiger partial charge in [0.2, 0.25) is 5.95 Å². The standard InChI is InChI=1S/C23H24N6O/c1-17-20(16-29-23(24-17)25-21(26-29)18-8-4-2-5-9-18)22(30)28-14-12-27(13-15-28)19-10-6-3-7-11-19/h2-11H,12-16H2,1H3,(H,24,25,26). The Kier molecular flexibility index (Phi) is 4.71. The van der Waals surface area contributed by atoms with E-state index < -0.39 is 0 Å². The fourth-order valence-electron chi connectivity index (χ4n) is 3.99. The molecule has 30 heavy (non-hydrogen) atoms. The van der Waals surface area contributed by atoms with Gasteiger partial charge in [-0.05, 0) is 19.1 Å². The van der Waals surface area contributed by atoms with Gasteiger partial charge in [-0.3, -0.25) is 4.79 Å². The smallest absolute Gasteiger partial charge is 0.253 e. The highest BCUT2D eigenvalue weighted by atomic mass is 16.2. The molecule has 1 saturated heterocycles. The Morgan fingerprint density at radius 2 is 1.60 bits per heavy atom. The number of hydrogen-bond acceptors (Lipinski definition) is 5. The van der Waals surface area contributed by atoms with Crippen LogP contribution in [-0.4, -0.2) is 51.8 Å². The molecule has 0 spiro atoms. The lowest BCUT2D eigenvalue weighted by molar-refractivity contribution is -0.127. The van der Waals surface area contributed by atoms with E-state index in [2.05, 4.69) is 32.4 Å². The number of anilines is 2. The summed E-state index contributed by atoms with van der Waals surface area (Å²) in [5, 5.41) is 7.88. The molecular formula is C23H24N6O. The third-order valence-corrected chi connectivity index (χ3v) is 5.71. The van der Waals surface area contributed by atoms with E-state index in [1.54, 1.807) is 4.68 Å². The maximum absolute atomic E-state index is 13.2. The molecule has 7 heteroatoms. The molecule has 0 radical (unpaired) electrons. The Balaban J connectivity index is 1.28. The van der Waals surface area contributed by atoms with Crippen molar-refractivity contribution in [2.45, 2.75) is 13.5 Å². The van der Waals surface area contributed by atoms with Gasteiger partial charge in [-0.1, -0.05) is 48.5 Å². The second-order valence-electron chi connectivity index (χ2n) is 7.63. The summed E-state index contributed by atoms with van der Waals surface area (Å²) in [5.41, 5.74) is 3.77. The number of amides is 1. The Hall–Kier alpha value is -3.61. The van der Waals surface area contributed by atoms with Crippen LogP contribution in [0.15, 0.2) is 71.9 Å². The number of para-hydroxylation sites is 1. The van der Waals surface area contributed by atoms with Gasteiger partial charge in [-0.2, -0.15) is 4.98 Å². The number of benzene rings is 2. The van der Waals surface area contributed by atoms with Crippen LogP contribution >= 0.6 is 0 Å². The molecule has 1 N–H and O–H groups in total. The van der Waals surface area contributed by atoms with Gasteiger partial charge in [0.15, 0.2) is 5.82 Å². The minimum atomic E-state index is 0.0788. The second-order valence-corrected chi connectivity index (χ2v) is 7.63. The van der Waals surface area contributed by atoms with Crippen molar-refractivity contribution >= 4 is 17.5 Å². The molecule has 0 saturated carbocycles. The molecule has 152 valence electrons. The average molecular weight is 400 g/mol. The van der Waals surface area contributed by atoms with Gasteiger partial charge in [0.25, 0.3) is 5.91 Å². The van der Waals surface area contributed by atoms with E-state index in [9.17, 15) is 4.79 Å². The zero-order valence-electron chi connectivity index (χ0n) is 17.0. The molecule has 3 heterocycles. The van der Waals surface area contributed by atoms with E-state index in [-0.39, 0.29) is 5.91 Å². The summed E-state index contributed by atoms with van der Waals surface area (Å²) < 4.78 is 1.78. The first kappa shape index (κ1) is 18.4. The van der Waals surface area contributed by atoms with Gasteiger partial charge in [0, 0.05) is 43.1 Å². The van der Waals surface area contributed by atoms with Crippen LogP contribution in [0.25, 0.3) is 11.4 Å². The Morgan fingerprint density at radius 1 is 0.933 bits per heavy atom. The number of nitrogens with zero attached hydrogens (tertiary/aromatic N) is 5. The zero-order valence-corrected chi connectivity index (χ0v) is 17.0. The van der Waals surface area contributed by atoms with Crippen molar-refractivity contribution in [1.82, 2.24) is 19.7 Å². The molecule has 1 aromatic heterocycles. The van der Waals surface area contributed by atoms with Crippen molar-refractivity contribution in [1.29, 1.82) is 0 Å². The van der Waals surface area contributed by atoms with Crippen LogP contribution < -0.4 is 10.2 Å². The first-order valence-corrected chi connectivity index (χ1v) is 10.3. The van der Waals surface area contributed by atoms with Gasteiger partial charge < -0.3 is 15.1 Å². The molecule has 5 rings (SSSR count). The molecular weight excluding hydrogens is 376 g/mol. The molecule has 0 atom stereocenters.